The molecule has 1 N–H and O–H groups in total. The maximum absolute atomic E-state index is 4.88. The van der Waals surface area contributed by atoms with Crippen LogP contribution in [0.2, 0.25) is 0 Å². The first-order chi connectivity index (χ1) is 9.38. The molecule has 4 heteroatoms. The molecule has 0 spiro atoms. The number of thioether (sulfide) groups is 1. The highest BCUT2D eigenvalue weighted by molar-refractivity contribution is 8.14. The second kappa shape index (κ2) is 4.84. The minimum absolute atomic E-state index is 0.577. The van der Waals surface area contributed by atoms with Crippen molar-refractivity contribution in [1.29, 1.82) is 0 Å². The summed E-state index contributed by atoms with van der Waals surface area (Å²) in [7, 11) is 0. The van der Waals surface area contributed by atoms with Crippen molar-refractivity contribution in [2.45, 2.75) is 25.3 Å². The van der Waals surface area contributed by atoms with Crippen molar-refractivity contribution >= 4 is 44.0 Å². The zero-order valence-corrected chi connectivity index (χ0v) is 12.3. The van der Waals surface area contributed by atoms with Gasteiger partial charge in [-0.1, -0.05) is 18.2 Å². The molecule has 2 nitrogen and oxygen atoms in total. The molecule has 98 valence electrons. The normalized spacial score (nSPS) is 26.2. The monoisotopic (exact) mass is 288 g/mol. The van der Waals surface area contributed by atoms with Crippen LogP contribution in [0.3, 0.4) is 0 Å². The van der Waals surface area contributed by atoms with E-state index in [0.717, 1.165) is 16.8 Å². The molecular weight excluding hydrogens is 272 g/mol. The Balaban J connectivity index is 1.57. The van der Waals surface area contributed by atoms with Crippen molar-refractivity contribution < 1.29 is 0 Å². The minimum Gasteiger partial charge on any atom is -0.335 e. The Kier molecular flexibility index (Phi) is 3.00. The molecule has 0 amide bonds. The molecule has 1 aromatic carbocycles. The van der Waals surface area contributed by atoms with Crippen LogP contribution in [0, 0.1) is 5.92 Å². The molecule has 0 radical (unpaired) electrons. The average Bonchev–Trinajstić information content (AvgIpc) is 3.05. The molecular formula is C15H16N2S2. The third-order valence-electron chi connectivity index (χ3n) is 4.04. The topological polar surface area (TPSA) is 24.4 Å². The van der Waals surface area contributed by atoms with Gasteiger partial charge in [0, 0.05) is 16.1 Å². The van der Waals surface area contributed by atoms with Crippen LogP contribution in [0.25, 0.3) is 10.1 Å². The maximum atomic E-state index is 4.88. The average molecular weight is 288 g/mol. The summed E-state index contributed by atoms with van der Waals surface area (Å²) in [5.41, 5.74) is 1.16. The molecule has 1 aliphatic carbocycles. The quantitative estimate of drug-likeness (QED) is 0.830. The van der Waals surface area contributed by atoms with Crippen molar-refractivity contribution in [3.63, 3.8) is 0 Å². The number of thiophene rings is 1. The summed E-state index contributed by atoms with van der Waals surface area (Å²) in [6.07, 6.45) is 4.00. The number of aliphatic imine (C=N–C) groups is 1. The summed E-state index contributed by atoms with van der Waals surface area (Å²) in [6, 6.07) is 9.31. The van der Waals surface area contributed by atoms with E-state index >= 15 is 0 Å². The van der Waals surface area contributed by atoms with Crippen molar-refractivity contribution in [1.82, 2.24) is 0 Å². The van der Waals surface area contributed by atoms with Gasteiger partial charge in [0.25, 0.3) is 0 Å². The summed E-state index contributed by atoms with van der Waals surface area (Å²) in [5, 5.41) is 8.06. The summed E-state index contributed by atoms with van der Waals surface area (Å²) in [5.74, 6) is 2.06. The van der Waals surface area contributed by atoms with Crippen LogP contribution < -0.4 is 5.32 Å². The number of hydrogen-bond acceptors (Lipinski definition) is 4. The van der Waals surface area contributed by atoms with Crippen LogP contribution in [0.1, 0.15) is 19.3 Å². The fourth-order valence-corrected chi connectivity index (χ4v) is 4.92. The molecule has 2 atom stereocenters. The number of amidine groups is 1. The van der Waals surface area contributed by atoms with Gasteiger partial charge in [-0.25, -0.2) is 0 Å². The Hall–Kier alpha value is -1.00. The predicted molar refractivity (Wildman–Crippen MR) is 86.5 cm³/mol. The number of benzene rings is 1. The molecule has 2 aliphatic rings. The molecule has 2 heterocycles. The third-order valence-corrected chi connectivity index (χ3v) is 6.01. The van der Waals surface area contributed by atoms with Gasteiger partial charge in [-0.3, -0.25) is 4.99 Å². The molecule has 1 aromatic heterocycles. The lowest BCUT2D eigenvalue weighted by molar-refractivity contribution is 0.535. The smallest absolute Gasteiger partial charge is 0.161 e. The largest absolute Gasteiger partial charge is 0.335 e. The first-order valence-electron chi connectivity index (χ1n) is 6.83. The highest BCUT2D eigenvalue weighted by Crippen LogP contribution is 2.36. The first-order valence-corrected chi connectivity index (χ1v) is 8.70. The lowest BCUT2D eigenvalue weighted by Crippen LogP contribution is -2.25. The molecule has 2 unspecified atom stereocenters. The van der Waals surface area contributed by atoms with E-state index in [-0.39, 0.29) is 0 Å². The van der Waals surface area contributed by atoms with Gasteiger partial charge in [-0.2, -0.15) is 0 Å². The number of anilines is 1. The van der Waals surface area contributed by atoms with Gasteiger partial charge in [0.15, 0.2) is 5.17 Å². The highest BCUT2D eigenvalue weighted by Gasteiger charge is 2.30. The SMILES string of the molecule is c1cc2cc(NC3=NC4CCCC4CS3)ccc2s1. The lowest BCUT2D eigenvalue weighted by atomic mass is 10.1. The number of hydrogen-bond donors (Lipinski definition) is 1. The molecule has 1 aliphatic heterocycles. The molecule has 4 rings (SSSR count). The molecule has 0 bridgehead atoms. The van der Waals surface area contributed by atoms with Gasteiger partial charge in [0.05, 0.1) is 6.04 Å². The minimum atomic E-state index is 0.577. The van der Waals surface area contributed by atoms with Crippen LogP contribution in [-0.4, -0.2) is 17.0 Å². The molecule has 1 fully saturated rings. The molecule has 0 saturated heterocycles. The maximum Gasteiger partial charge on any atom is 0.161 e. The van der Waals surface area contributed by atoms with E-state index in [1.807, 2.05) is 11.8 Å². The van der Waals surface area contributed by atoms with Crippen molar-refractivity contribution in [3.8, 4) is 0 Å². The fourth-order valence-electron chi connectivity index (χ4n) is 2.99. The van der Waals surface area contributed by atoms with E-state index in [1.54, 1.807) is 11.3 Å². The van der Waals surface area contributed by atoms with E-state index in [4.69, 9.17) is 4.99 Å². The van der Waals surface area contributed by atoms with Crippen LogP contribution in [-0.2, 0) is 0 Å². The Bertz CT molecular complexity index is 632. The Morgan fingerprint density at radius 2 is 2.21 bits per heavy atom. The summed E-state index contributed by atoms with van der Waals surface area (Å²) >= 11 is 3.67. The van der Waals surface area contributed by atoms with E-state index in [2.05, 4.69) is 35.0 Å². The van der Waals surface area contributed by atoms with Crippen LogP contribution >= 0.6 is 23.1 Å². The first kappa shape index (κ1) is 11.8. The van der Waals surface area contributed by atoms with Gasteiger partial charge >= 0.3 is 0 Å². The second-order valence-corrected chi connectivity index (χ2v) is 7.26. The van der Waals surface area contributed by atoms with Crippen LogP contribution in [0.4, 0.5) is 5.69 Å². The summed E-state index contributed by atoms with van der Waals surface area (Å²) in [6.45, 7) is 0. The molecule has 2 aromatic rings. The van der Waals surface area contributed by atoms with E-state index in [0.29, 0.717) is 6.04 Å². The van der Waals surface area contributed by atoms with Gasteiger partial charge in [-0.15, -0.1) is 11.3 Å². The Labute approximate surface area is 121 Å². The second-order valence-electron chi connectivity index (χ2n) is 5.30. The van der Waals surface area contributed by atoms with Gasteiger partial charge in [0.2, 0.25) is 0 Å². The van der Waals surface area contributed by atoms with E-state index in [1.165, 1.54) is 35.1 Å². The number of nitrogens with one attached hydrogen (secondary N) is 1. The van der Waals surface area contributed by atoms with Crippen molar-refractivity contribution in [2.24, 2.45) is 10.9 Å². The van der Waals surface area contributed by atoms with Gasteiger partial charge in [0.1, 0.15) is 0 Å². The van der Waals surface area contributed by atoms with Crippen molar-refractivity contribution in [3.05, 3.63) is 29.6 Å². The number of nitrogens with zero attached hydrogens (tertiary/aromatic N) is 1. The highest BCUT2D eigenvalue weighted by atomic mass is 32.2. The Morgan fingerprint density at radius 3 is 3.21 bits per heavy atom. The third kappa shape index (κ3) is 2.28. The lowest BCUT2D eigenvalue weighted by Gasteiger charge is -2.23. The fraction of sp³-hybridized carbons (Fsp3) is 0.400. The molecule has 1 saturated carbocycles. The van der Waals surface area contributed by atoms with E-state index in [9.17, 15) is 0 Å². The Morgan fingerprint density at radius 1 is 1.21 bits per heavy atom. The summed E-state index contributed by atoms with van der Waals surface area (Å²) in [4.78, 5) is 4.88. The molecule has 19 heavy (non-hydrogen) atoms. The van der Waals surface area contributed by atoms with Gasteiger partial charge < -0.3 is 5.32 Å². The van der Waals surface area contributed by atoms with Crippen LogP contribution in [0.15, 0.2) is 34.6 Å². The number of fused-ring (bicyclic) bond motifs is 2. The number of rotatable bonds is 1. The predicted octanol–water partition coefficient (Wildman–Crippen LogP) is 4.58. The summed E-state index contributed by atoms with van der Waals surface area (Å²) < 4.78 is 1.35. The van der Waals surface area contributed by atoms with E-state index < -0.39 is 0 Å². The van der Waals surface area contributed by atoms with Gasteiger partial charge in [-0.05, 0) is 53.8 Å². The zero-order valence-electron chi connectivity index (χ0n) is 10.6. The van der Waals surface area contributed by atoms with Crippen molar-refractivity contribution in [2.75, 3.05) is 11.1 Å². The zero-order chi connectivity index (χ0) is 12.7. The standard InChI is InChI=1S/C15H16N2S2/c1-2-11-9-19-15(17-13(11)3-1)16-12-4-5-14-10(8-12)6-7-18-14/h4-8,11,13H,1-3,9H2,(H,16,17). The van der Waals surface area contributed by atoms with Crippen LogP contribution in [0.5, 0.6) is 0 Å².